The van der Waals surface area contributed by atoms with Crippen LogP contribution < -0.4 is 10.1 Å². The first kappa shape index (κ1) is 19.9. The van der Waals surface area contributed by atoms with Gasteiger partial charge < -0.3 is 4.74 Å². The van der Waals surface area contributed by atoms with E-state index in [1.807, 2.05) is 25.1 Å². The fourth-order valence-corrected chi connectivity index (χ4v) is 3.73. The molecule has 2 aromatic carbocycles. The van der Waals surface area contributed by atoms with Gasteiger partial charge in [-0.1, -0.05) is 24.3 Å². The molecule has 1 aliphatic rings. The van der Waals surface area contributed by atoms with Crippen LogP contribution in [0.3, 0.4) is 0 Å². The molecule has 0 N–H and O–H groups in total. The van der Waals surface area contributed by atoms with Crippen molar-refractivity contribution in [2.45, 2.75) is 31.7 Å². The van der Waals surface area contributed by atoms with Crippen molar-refractivity contribution in [2.75, 3.05) is 0 Å². The fourth-order valence-electron chi connectivity index (χ4n) is 3.73. The lowest BCUT2D eigenvalue weighted by molar-refractivity contribution is -0.274. The second kappa shape index (κ2) is 7.44. The summed E-state index contributed by atoms with van der Waals surface area (Å²) in [5.41, 5.74) is 2.81. The Bertz CT molecular complexity index is 1090. The lowest BCUT2D eigenvalue weighted by Crippen LogP contribution is -2.45. The number of benzene rings is 2. The van der Waals surface area contributed by atoms with Crippen LogP contribution in [-0.4, -0.2) is 22.2 Å². The smallest absolute Gasteiger partial charge is 0.406 e. The monoisotopic (exact) mass is 412 g/mol. The Kier molecular flexibility index (Phi) is 4.93. The van der Waals surface area contributed by atoms with Crippen LogP contribution in [0.15, 0.2) is 61.2 Å². The maximum atomic E-state index is 12.8. The predicted octanol–water partition coefficient (Wildman–Crippen LogP) is 4.19. The van der Waals surface area contributed by atoms with Crippen molar-refractivity contribution >= 4 is 5.91 Å². The van der Waals surface area contributed by atoms with Crippen molar-refractivity contribution in [3.05, 3.63) is 77.9 Å². The molecule has 1 amide bonds. The summed E-state index contributed by atoms with van der Waals surface area (Å²) in [7, 11) is 0. The van der Waals surface area contributed by atoms with E-state index in [0.717, 1.165) is 16.7 Å². The summed E-state index contributed by atoms with van der Waals surface area (Å²) in [6.45, 7) is 2.09. The van der Waals surface area contributed by atoms with E-state index in [-0.39, 0.29) is 18.2 Å². The van der Waals surface area contributed by atoms with Gasteiger partial charge in [-0.15, -0.1) is 13.2 Å². The van der Waals surface area contributed by atoms with Crippen molar-refractivity contribution in [2.24, 2.45) is 0 Å². The molecule has 8 heteroatoms. The SMILES string of the molecule is CC1(Cc2cncnc2)C(=O)[N]Cc2ccc(-c3cccc(OC(F)(F)F)c3)cc21. The number of nitrogens with zero attached hydrogens (tertiary/aromatic N) is 3. The summed E-state index contributed by atoms with van der Waals surface area (Å²) < 4.78 is 41.7. The first-order valence-corrected chi connectivity index (χ1v) is 9.20. The van der Waals surface area contributed by atoms with Crippen LogP contribution in [0.25, 0.3) is 11.1 Å². The van der Waals surface area contributed by atoms with Gasteiger partial charge in [0.15, 0.2) is 0 Å². The summed E-state index contributed by atoms with van der Waals surface area (Å²) in [6, 6.07) is 11.3. The van der Waals surface area contributed by atoms with E-state index < -0.39 is 11.8 Å². The molecule has 0 fully saturated rings. The highest BCUT2D eigenvalue weighted by Gasteiger charge is 2.41. The molecule has 1 radical (unpaired) electrons. The average Bonchev–Trinajstić information content (AvgIpc) is 2.71. The predicted molar refractivity (Wildman–Crippen MR) is 102 cm³/mol. The number of alkyl halides is 3. The number of hydrogen-bond acceptors (Lipinski definition) is 4. The Morgan fingerprint density at radius 1 is 1.07 bits per heavy atom. The van der Waals surface area contributed by atoms with Crippen LogP contribution in [0.5, 0.6) is 5.75 Å². The minimum absolute atomic E-state index is 0.245. The number of hydrogen-bond donors (Lipinski definition) is 0. The summed E-state index contributed by atoms with van der Waals surface area (Å²) in [4.78, 5) is 20.8. The van der Waals surface area contributed by atoms with Crippen LogP contribution in [0.4, 0.5) is 13.2 Å². The van der Waals surface area contributed by atoms with Crippen molar-refractivity contribution in [3.63, 3.8) is 0 Å². The zero-order valence-electron chi connectivity index (χ0n) is 16.0. The molecule has 1 aliphatic heterocycles. The molecule has 0 saturated heterocycles. The maximum Gasteiger partial charge on any atom is 0.573 e. The number of fused-ring (bicyclic) bond motifs is 1. The third-order valence-electron chi connectivity index (χ3n) is 5.14. The van der Waals surface area contributed by atoms with Crippen LogP contribution in [0.1, 0.15) is 23.6 Å². The molecule has 5 nitrogen and oxygen atoms in total. The number of amides is 1. The highest BCUT2D eigenvalue weighted by Crippen LogP contribution is 2.38. The van der Waals surface area contributed by atoms with Crippen LogP contribution >= 0.6 is 0 Å². The largest absolute Gasteiger partial charge is 0.573 e. The van der Waals surface area contributed by atoms with Crippen LogP contribution in [0, 0.1) is 0 Å². The van der Waals surface area contributed by atoms with E-state index in [1.165, 1.54) is 24.5 Å². The molecule has 1 atom stereocenters. The van der Waals surface area contributed by atoms with Crippen LogP contribution in [0.2, 0.25) is 0 Å². The summed E-state index contributed by atoms with van der Waals surface area (Å²) in [6.07, 6.45) is 0.326. The number of carbonyl (C=O) groups excluding carboxylic acids is 1. The molecule has 0 saturated carbocycles. The molecule has 0 spiro atoms. The van der Waals surface area contributed by atoms with Gasteiger partial charge in [-0.05, 0) is 59.4 Å². The topological polar surface area (TPSA) is 66.2 Å². The molecule has 4 rings (SSSR count). The van der Waals surface area contributed by atoms with Gasteiger partial charge in [-0.2, -0.15) is 0 Å². The second-order valence-electron chi connectivity index (χ2n) is 7.32. The molecule has 1 aromatic heterocycles. The number of carbonyl (C=O) groups is 1. The van der Waals surface area contributed by atoms with E-state index in [2.05, 4.69) is 20.0 Å². The zero-order valence-corrected chi connectivity index (χ0v) is 16.0. The second-order valence-corrected chi connectivity index (χ2v) is 7.32. The lowest BCUT2D eigenvalue weighted by Gasteiger charge is -2.34. The molecular weight excluding hydrogens is 395 g/mol. The van der Waals surface area contributed by atoms with Gasteiger partial charge in [0.25, 0.3) is 5.91 Å². The van der Waals surface area contributed by atoms with E-state index >= 15 is 0 Å². The normalized spacial score (nSPS) is 18.5. The van der Waals surface area contributed by atoms with Crippen LogP contribution in [-0.2, 0) is 23.2 Å². The lowest BCUT2D eigenvalue weighted by atomic mass is 9.72. The van der Waals surface area contributed by atoms with Gasteiger partial charge in [-0.3, -0.25) is 4.79 Å². The minimum atomic E-state index is -4.77. The van der Waals surface area contributed by atoms with Gasteiger partial charge in [0.2, 0.25) is 0 Å². The molecular formula is C22H17F3N3O2. The summed E-state index contributed by atoms with van der Waals surface area (Å²) >= 11 is 0. The Labute approximate surface area is 170 Å². The van der Waals surface area contributed by atoms with Crippen molar-refractivity contribution in [1.82, 2.24) is 15.3 Å². The molecule has 3 aromatic rings. The Balaban J connectivity index is 1.74. The Morgan fingerprint density at radius 2 is 1.80 bits per heavy atom. The average molecular weight is 412 g/mol. The van der Waals surface area contributed by atoms with Gasteiger partial charge in [-0.25, -0.2) is 15.3 Å². The van der Waals surface area contributed by atoms with E-state index in [1.54, 1.807) is 18.5 Å². The number of halogens is 3. The van der Waals surface area contributed by atoms with E-state index in [4.69, 9.17) is 0 Å². The standard InChI is InChI=1S/C22H17F3N3O2/c1-21(9-14-10-26-13-27-11-14)19-8-16(5-6-17(19)12-28-20(21)29)15-3-2-4-18(7-15)30-22(23,24)25/h2-8,10-11,13H,9,12H2,1H3. The third-order valence-corrected chi connectivity index (χ3v) is 5.14. The highest BCUT2D eigenvalue weighted by molar-refractivity contribution is 5.90. The zero-order chi connectivity index (χ0) is 21.4. The fraction of sp³-hybridized carbons (Fsp3) is 0.227. The van der Waals surface area contributed by atoms with E-state index in [0.29, 0.717) is 17.5 Å². The van der Waals surface area contributed by atoms with Gasteiger partial charge in [0, 0.05) is 12.4 Å². The molecule has 30 heavy (non-hydrogen) atoms. The molecule has 153 valence electrons. The Morgan fingerprint density at radius 3 is 2.53 bits per heavy atom. The number of aromatic nitrogens is 2. The van der Waals surface area contributed by atoms with E-state index in [9.17, 15) is 18.0 Å². The molecule has 2 heterocycles. The van der Waals surface area contributed by atoms with Gasteiger partial charge in [0.05, 0.1) is 12.0 Å². The first-order chi connectivity index (χ1) is 14.2. The van der Waals surface area contributed by atoms with Crippen molar-refractivity contribution < 1.29 is 22.7 Å². The van der Waals surface area contributed by atoms with Crippen molar-refractivity contribution in [3.8, 4) is 16.9 Å². The quantitative estimate of drug-likeness (QED) is 0.645. The number of ether oxygens (including phenoxy) is 1. The summed E-state index contributed by atoms with van der Waals surface area (Å²) in [5.74, 6) is -0.543. The van der Waals surface area contributed by atoms with Gasteiger partial charge >= 0.3 is 6.36 Å². The summed E-state index contributed by atoms with van der Waals surface area (Å²) in [5, 5.41) is 4.15. The minimum Gasteiger partial charge on any atom is -0.406 e. The third kappa shape index (κ3) is 3.98. The maximum absolute atomic E-state index is 12.8. The molecule has 1 unspecified atom stereocenters. The number of rotatable bonds is 4. The van der Waals surface area contributed by atoms with Crippen molar-refractivity contribution in [1.29, 1.82) is 0 Å². The molecule has 0 bridgehead atoms. The highest BCUT2D eigenvalue weighted by atomic mass is 19.4. The van der Waals surface area contributed by atoms with Gasteiger partial charge in [0.1, 0.15) is 12.1 Å². The first-order valence-electron chi connectivity index (χ1n) is 9.20. The molecule has 0 aliphatic carbocycles. The Hall–Kier alpha value is -3.42.